The minimum absolute atomic E-state index is 0.0519. The molecule has 2 heterocycles. The Balaban J connectivity index is 2.15. The molecule has 0 aliphatic heterocycles. The van der Waals surface area contributed by atoms with Gasteiger partial charge in [-0.1, -0.05) is 0 Å². The molecule has 0 saturated carbocycles. The monoisotopic (exact) mass is 275 g/mol. The van der Waals surface area contributed by atoms with Gasteiger partial charge in [0.1, 0.15) is 5.82 Å². The van der Waals surface area contributed by atoms with E-state index in [1.165, 1.54) is 0 Å². The van der Waals surface area contributed by atoms with E-state index in [4.69, 9.17) is 0 Å². The Morgan fingerprint density at radius 3 is 2.60 bits per heavy atom. The highest BCUT2D eigenvalue weighted by Gasteiger charge is 2.14. The predicted molar refractivity (Wildman–Crippen MR) is 78.8 cm³/mol. The third-order valence-corrected chi connectivity index (χ3v) is 2.62. The molecule has 0 bridgehead atoms. The largest absolute Gasteiger partial charge is 0.361 e. The van der Waals surface area contributed by atoms with Gasteiger partial charge >= 0.3 is 0 Å². The third kappa shape index (κ3) is 3.46. The van der Waals surface area contributed by atoms with Crippen LogP contribution in [0.1, 0.15) is 32.2 Å². The van der Waals surface area contributed by atoms with Crippen LogP contribution in [0.25, 0.3) is 5.65 Å². The lowest BCUT2D eigenvalue weighted by molar-refractivity contribution is -0.120. The van der Waals surface area contributed by atoms with Crippen molar-refractivity contribution in [3.63, 3.8) is 0 Å². The highest BCUT2D eigenvalue weighted by molar-refractivity contribution is 5.81. The number of aryl methyl sites for hydroxylation is 2. The van der Waals surface area contributed by atoms with E-state index in [1.807, 2.05) is 46.8 Å². The van der Waals surface area contributed by atoms with E-state index < -0.39 is 0 Å². The first-order chi connectivity index (χ1) is 9.24. The Kier molecular flexibility index (Phi) is 3.65. The lowest BCUT2D eigenvalue weighted by atomic mass is 10.1. The second-order valence-electron chi connectivity index (χ2n) is 5.99. The van der Waals surface area contributed by atoms with Crippen LogP contribution in [0.5, 0.6) is 0 Å². The van der Waals surface area contributed by atoms with Crippen molar-refractivity contribution in [1.82, 2.24) is 19.9 Å². The normalized spacial score (nSPS) is 11.7. The van der Waals surface area contributed by atoms with E-state index in [2.05, 4.69) is 20.7 Å². The van der Waals surface area contributed by atoms with E-state index in [-0.39, 0.29) is 18.0 Å². The van der Waals surface area contributed by atoms with Gasteiger partial charge in [0.05, 0.1) is 12.2 Å². The van der Waals surface area contributed by atoms with Crippen LogP contribution >= 0.6 is 0 Å². The molecule has 0 aliphatic carbocycles. The molecule has 2 aromatic rings. The number of rotatable bonds is 3. The zero-order chi connectivity index (χ0) is 14.9. The van der Waals surface area contributed by atoms with E-state index in [0.717, 1.165) is 22.9 Å². The maximum Gasteiger partial charge on any atom is 0.239 e. The van der Waals surface area contributed by atoms with Gasteiger partial charge in [-0.3, -0.25) is 4.79 Å². The first kappa shape index (κ1) is 14.3. The van der Waals surface area contributed by atoms with Gasteiger partial charge in [-0.15, -0.1) is 0 Å². The molecule has 0 fully saturated rings. The fraction of sp³-hybridized carbons (Fsp3) is 0.500. The lowest BCUT2D eigenvalue weighted by Gasteiger charge is -2.20. The maximum absolute atomic E-state index is 11.8. The quantitative estimate of drug-likeness (QED) is 0.894. The van der Waals surface area contributed by atoms with Crippen molar-refractivity contribution in [1.29, 1.82) is 0 Å². The molecular formula is C14H21N5O. The zero-order valence-electron chi connectivity index (χ0n) is 12.6. The summed E-state index contributed by atoms with van der Waals surface area (Å²) in [6.45, 7) is 9.90. The van der Waals surface area contributed by atoms with Crippen molar-refractivity contribution in [3.05, 3.63) is 23.5 Å². The standard InChI is InChI=1S/C14H21N5O/c1-9-6-11(15-8-13(20)17-14(3,4)5)19-12(16-9)7-10(2)18-19/h6-7,15H,8H2,1-5H3,(H,17,20). The summed E-state index contributed by atoms with van der Waals surface area (Å²) in [5.41, 5.74) is 2.33. The van der Waals surface area contributed by atoms with Gasteiger partial charge < -0.3 is 10.6 Å². The van der Waals surface area contributed by atoms with Crippen molar-refractivity contribution in [2.24, 2.45) is 0 Å². The molecule has 2 N–H and O–H groups in total. The van der Waals surface area contributed by atoms with Gasteiger partial charge in [0.25, 0.3) is 0 Å². The number of anilines is 1. The first-order valence-corrected chi connectivity index (χ1v) is 6.63. The first-order valence-electron chi connectivity index (χ1n) is 6.63. The summed E-state index contributed by atoms with van der Waals surface area (Å²) >= 11 is 0. The molecular weight excluding hydrogens is 254 g/mol. The smallest absolute Gasteiger partial charge is 0.239 e. The summed E-state index contributed by atoms with van der Waals surface area (Å²) in [6.07, 6.45) is 0. The highest BCUT2D eigenvalue weighted by Crippen LogP contribution is 2.13. The number of amides is 1. The Morgan fingerprint density at radius 1 is 1.25 bits per heavy atom. The summed E-state index contributed by atoms with van der Waals surface area (Å²) < 4.78 is 1.71. The number of hydrogen-bond acceptors (Lipinski definition) is 4. The number of carbonyl (C=O) groups is 1. The van der Waals surface area contributed by atoms with Crippen LogP contribution in [0.3, 0.4) is 0 Å². The molecule has 0 aliphatic rings. The van der Waals surface area contributed by atoms with Gasteiger partial charge in [0.15, 0.2) is 5.65 Å². The van der Waals surface area contributed by atoms with Gasteiger partial charge in [-0.05, 0) is 34.6 Å². The fourth-order valence-corrected chi connectivity index (χ4v) is 1.97. The van der Waals surface area contributed by atoms with Crippen LogP contribution in [0.2, 0.25) is 0 Å². The second-order valence-corrected chi connectivity index (χ2v) is 5.99. The lowest BCUT2D eigenvalue weighted by Crippen LogP contribution is -2.43. The summed E-state index contributed by atoms with van der Waals surface area (Å²) in [5.74, 6) is 0.716. The second kappa shape index (κ2) is 5.11. The molecule has 0 aromatic carbocycles. The predicted octanol–water partition coefficient (Wildman–Crippen LogP) is 1.67. The topological polar surface area (TPSA) is 71.3 Å². The van der Waals surface area contributed by atoms with Crippen LogP contribution in [0.4, 0.5) is 5.82 Å². The number of fused-ring (bicyclic) bond motifs is 1. The Labute approximate surface area is 118 Å². The number of hydrogen-bond donors (Lipinski definition) is 2. The molecule has 0 unspecified atom stereocenters. The Hall–Kier alpha value is -2.11. The number of aromatic nitrogens is 3. The summed E-state index contributed by atoms with van der Waals surface area (Å²) in [6, 6.07) is 3.79. The number of nitrogens with one attached hydrogen (secondary N) is 2. The molecule has 108 valence electrons. The van der Waals surface area contributed by atoms with E-state index in [0.29, 0.717) is 0 Å². The number of nitrogens with zero attached hydrogens (tertiary/aromatic N) is 3. The van der Waals surface area contributed by atoms with Crippen molar-refractivity contribution >= 4 is 17.4 Å². The molecule has 20 heavy (non-hydrogen) atoms. The van der Waals surface area contributed by atoms with E-state index in [9.17, 15) is 4.79 Å². The minimum Gasteiger partial charge on any atom is -0.361 e. The summed E-state index contributed by atoms with van der Waals surface area (Å²) in [7, 11) is 0. The van der Waals surface area contributed by atoms with Gasteiger partial charge in [0, 0.05) is 23.4 Å². The summed E-state index contributed by atoms with van der Waals surface area (Å²) in [5, 5.41) is 10.4. The van der Waals surface area contributed by atoms with Crippen LogP contribution in [-0.4, -0.2) is 32.6 Å². The van der Waals surface area contributed by atoms with Gasteiger partial charge in [0.2, 0.25) is 5.91 Å². The molecule has 6 nitrogen and oxygen atoms in total. The SMILES string of the molecule is Cc1cc(NCC(=O)NC(C)(C)C)n2nc(C)cc2n1. The van der Waals surface area contributed by atoms with Gasteiger partial charge in [-0.25, -0.2) is 4.98 Å². The van der Waals surface area contributed by atoms with E-state index in [1.54, 1.807) is 4.52 Å². The third-order valence-electron chi connectivity index (χ3n) is 2.62. The average Bonchev–Trinajstić information content (AvgIpc) is 2.63. The number of carbonyl (C=O) groups excluding carboxylic acids is 1. The molecule has 0 saturated heterocycles. The van der Waals surface area contributed by atoms with Crippen molar-refractivity contribution in [3.8, 4) is 0 Å². The van der Waals surface area contributed by atoms with Crippen LogP contribution in [0.15, 0.2) is 12.1 Å². The fourth-order valence-electron chi connectivity index (χ4n) is 1.97. The molecule has 6 heteroatoms. The van der Waals surface area contributed by atoms with Crippen molar-refractivity contribution < 1.29 is 4.79 Å². The molecule has 0 radical (unpaired) electrons. The van der Waals surface area contributed by atoms with Crippen molar-refractivity contribution in [2.75, 3.05) is 11.9 Å². The molecule has 2 rings (SSSR count). The maximum atomic E-state index is 11.8. The molecule has 0 spiro atoms. The average molecular weight is 275 g/mol. The molecule has 0 atom stereocenters. The van der Waals surface area contributed by atoms with Crippen LogP contribution in [-0.2, 0) is 4.79 Å². The molecule has 1 amide bonds. The minimum atomic E-state index is -0.232. The van der Waals surface area contributed by atoms with Crippen LogP contribution < -0.4 is 10.6 Å². The highest BCUT2D eigenvalue weighted by atomic mass is 16.2. The van der Waals surface area contributed by atoms with Crippen molar-refractivity contribution in [2.45, 2.75) is 40.2 Å². The molecule has 2 aromatic heterocycles. The summed E-state index contributed by atoms with van der Waals surface area (Å²) in [4.78, 5) is 16.2. The van der Waals surface area contributed by atoms with E-state index >= 15 is 0 Å². The Morgan fingerprint density at radius 2 is 1.95 bits per heavy atom. The zero-order valence-corrected chi connectivity index (χ0v) is 12.6. The Bertz CT molecular complexity index is 639. The van der Waals surface area contributed by atoms with Gasteiger partial charge in [-0.2, -0.15) is 9.61 Å². The van der Waals surface area contributed by atoms with Crippen LogP contribution in [0, 0.1) is 13.8 Å².